The first-order valence-electron chi connectivity index (χ1n) is 23.6. The molecule has 1 aromatic heterocycles. The van der Waals surface area contributed by atoms with Crippen LogP contribution in [0.1, 0.15) is 108 Å². The normalized spacial score (nSPS) is 16.7. The third kappa shape index (κ3) is 8.55. The van der Waals surface area contributed by atoms with E-state index in [0.29, 0.717) is 11.1 Å². The SMILES string of the molecule is C.COc1ccc(Cl)c(CNC(=O)c2ccc3c(c2)C2OC3c3ccc(-c4cccc(F)c4)cc32)c1F.COc1ccc(Cl)c(CNC(=O)c2ccc3c(c2)C2OC3c3ccc(-c4cccc5[nH]cnc45)cc32)c1F. The van der Waals surface area contributed by atoms with Gasteiger partial charge >= 0.3 is 0 Å². The molecule has 4 bridgehead atoms. The van der Waals surface area contributed by atoms with E-state index in [1.807, 2.05) is 60.7 Å². The Hall–Kier alpha value is -7.94. The van der Waals surface area contributed by atoms with Gasteiger partial charge in [-0.25, -0.2) is 18.2 Å². The van der Waals surface area contributed by atoms with Gasteiger partial charge in [-0.1, -0.05) is 91.3 Å². The molecule has 0 radical (unpaired) electrons. The molecule has 8 aromatic carbocycles. The summed E-state index contributed by atoms with van der Waals surface area (Å²) in [6.45, 7) is -0.147. The summed E-state index contributed by atoms with van der Waals surface area (Å²) in [5.41, 5.74) is 15.2. The quantitative estimate of drug-likeness (QED) is 0.125. The number of halogens is 5. The second-order valence-electron chi connectivity index (χ2n) is 18.2. The summed E-state index contributed by atoms with van der Waals surface area (Å²) in [4.78, 5) is 33.6. The van der Waals surface area contributed by atoms with E-state index in [0.717, 1.165) is 77.8 Å². The van der Waals surface area contributed by atoms with Crippen LogP contribution in [0.2, 0.25) is 10.0 Å². The van der Waals surface area contributed by atoms with E-state index >= 15 is 0 Å². The molecular weight excluding hydrogens is 1000 g/mol. The zero-order chi connectivity index (χ0) is 50.9. The van der Waals surface area contributed by atoms with E-state index in [2.05, 4.69) is 44.9 Å². The number of nitrogens with zero attached hydrogens (tertiary/aromatic N) is 1. The first-order valence-corrected chi connectivity index (χ1v) is 24.4. The lowest BCUT2D eigenvalue weighted by molar-refractivity contribution is 0.0856. The second-order valence-corrected chi connectivity index (χ2v) is 19.0. The highest BCUT2D eigenvalue weighted by Crippen LogP contribution is 2.56. The highest BCUT2D eigenvalue weighted by atomic mass is 35.5. The Morgan fingerprint density at radius 2 is 1.03 bits per heavy atom. The minimum Gasteiger partial charge on any atom is -0.494 e. The molecule has 15 heteroatoms. The summed E-state index contributed by atoms with van der Waals surface area (Å²) >= 11 is 12.3. The molecule has 0 spiro atoms. The van der Waals surface area contributed by atoms with Gasteiger partial charge < -0.3 is 34.6 Å². The number of carbonyl (C=O) groups excluding carboxylic acids is 2. The second kappa shape index (κ2) is 19.7. The van der Waals surface area contributed by atoms with Crippen LogP contribution in [0.5, 0.6) is 11.5 Å². The molecule has 4 aliphatic rings. The number of nitrogens with one attached hydrogen (secondary N) is 3. The largest absolute Gasteiger partial charge is 0.494 e. The summed E-state index contributed by atoms with van der Waals surface area (Å²) in [5.74, 6) is -2.02. The zero-order valence-electron chi connectivity index (χ0n) is 39.4. The molecule has 10 nitrogen and oxygen atoms in total. The zero-order valence-corrected chi connectivity index (χ0v) is 40.9. The summed E-state index contributed by atoms with van der Waals surface area (Å²) < 4.78 is 65.6. The Kier molecular flexibility index (Phi) is 13.0. The van der Waals surface area contributed by atoms with Gasteiger partial charge in [0.05, 0.1) is 31.6 Å². The van der Waals surface area contributed by atoms with Gasteiger partial charge in [-0.15, -0.1) is 0 Å². The Morgan fingerprint density at radius 3 is 1.56 bits per heavy atom. The number of imidazole rings is 1. The van der Waals surface area contributed by atoms with Gasteiger partial charge in [0.1, 0.15) is 30.2 Å². The van der Waals surface area contributed by atoms with E-state index in [-0.39, 0.29) is 95.2 Å². The highest BCUT2D eigenvalue weighted by Gasteiger charge is 2.44. The van der Waals surface area contributed by atoms with Crippen LogP contribution in [-0.4, -0.2) is 36.0 Å². The van der Waals surface area contributed by atoms with Crippen LogP contribution in [0.25, 0.3) is 33.3 Å². The van der Waals surface area contributed by atoms with Crippen LogP contribution in [0.3, 0.4) is 0 Å². The average molecular weight is 1050 g/mol. The molecule has 4 unspecified atom stereocenters. The fraction of sp³-hybridized carbons (Fsp3) is 0.150. The van der Waals surface area contributed by atoms with Gasteiger partial charge in [0.2, 0.25) is 0 Å². The lowest BCUT2D eigenvalue weighted by Crippen LogP contribution is -2.24. The minimum atomic E-state index is -0.601. The number of amides is 2. The molecule has 0 aliphatic carbocycles. The number of methoxy groups -OCH3 is 2. The van der Waals surface area contributed by atoms with Crippen molar-refractivity contribution in [3.8, 4) is 33.8 Å². The number of H-pyrrole nitrogens is 1. The van der Waals surface area contributed by atoms with Gasteiger partial charge in [0, 0.05) is 51.0 Å². The molecule has 2 amide bonds. The molecule has 0 fully saturated rings. The van der Waals surface area contributed by atoms with E-state index in [1.54, 1.807) is 30.6 Å². The van der Waals surface area contributed by atoms with Crippen molar-refractivity contribution in [3.63, 3.8) is 0 Å². The molecule has 4 atom stereocenters. The summed E-state index contributed by atoms with van der Waals surface area (Å²) in [6, 6.07) is 42.0. The minimum absolute atomic E-state index is 0. The molecule has 3 N–H and O–H groups in total. The van der Waals surface area contributed by atoms with Gasteiger partial charge in [0.25, 0.3) is 11.8 Å². The standard InChI is InChI=1S/C30H21ClFN3O3.C29H20ClF2NO3.CH4/c1-37-25-10-9-23(31)22(26(25)32)13-33-30(36)16-6-8-19-21(12-16)29-20-11-15(5-7-18(20)28(19)38-29)17-3-2-4-24-27(17)35-14-34-24;1-35-25-10-9-24(30)23(26(25)32)14-33-29(34)17-6-8-20-22(13-17)28-21-12-16(5-7-19(21)27(20)36-28)15-3-2-4-18(31)11-15;/h2-12,14,28-29H,13H2,1H3,(H,33,36)(H,34,35);2-13,27-28H,14H2,1H3,(H,33,34);1H4. The number of carbonyl (C=O) groups is 2. The molecule has 4 aliphatic heterocycles. The van der Waals surface area contributed by atoms with Crippen LogP contribution in [0.4, 0.5) is 13.2 Å². The van der Waals surface area contributed by atoms with Crippen molar-refractivity contribution in [1.29, 1.82) is 0 Å². The number of hydrogen-bond acceptors (Lipinski definition) is 7. The fourth-order valence-corrected chi connectivity index (χ4v) is 10.9. The number of benzene rings is 8. The number of para-hydroxylation sites is 1. The lowest BCUT2D eigenvalue weighted by atomic mass is 9.83. The molecule has 75 heavy (non-hydrogen) atoms. The Balaban J connectivity index is 0.000000159. The first-order chi connectivity index (χ1) is 36.0. The Bertz CT molecular complexity index is 3790. The van der Waals surface area contributed by atoms with E-state index in [1.165, 1.54) is 44.6 Å². The molecule has 0 saturated heterocycles. The van der Waals surface area contributed by atoms with Gasteiger partial charge in [-0.2, -0.15) is 0 Å². The third-order valence-corrected chi connectivity index (χ3v) is 14.9. The topological polar surface area (TPSA) is 124 Å². The van der Waals surface area contributed by atoms with Crippen LogP contribution < -0.4 is 20.1 Å². The van der Waals surface area contributed by atoms with Crippen LogP contribution in [0, 0.1) is 17.5 Å². The van der Waals surface area contributed by atoms with Gasteiger partial charge in [-0.05, 0) is 140 Å². The van der Waals surface area contributed by atoms with Crippen LogP contribution in [0.15, 0.2) is 146 Å². The number of aromatic amines is 1. The number of ether oxygens (including phenoxy) is 4. The predicted octanol–water partition coefficient (Wildman–Crippen LogP) is 13.9. The van der Waals surface area contributed by atoms with Crippen molar-refractivity contribution in [2.45, 2.75) is 44.9 Å². The van der Waals surface area contributed by atoms with Gasteiger partial charge in [0.15, 0.2) is 23.1 Å². The maximum absolute atomic E-state index is 14.6. The van der Waals surface area contributed by atoms with Crippen molar-refractivity contribution >= 4 is 46.0 Å². The Labute approximate surface area is 439 Å². The number of hydrogen-bond donors (Lipinski definition) is 3. The van der Waals surface area contributed by atoms with Crippen LogP contribution in [-0.2, 0) is 22.6 Å². The third-order valence-electron chi connectivity index (χ3n) is 14.2. The molecule has 5 heterocycles. The smallest absolute Gasteiger partial charge is 0.251 e. The van der Waals surface area contributed by atoms with Crippen molar-refractivity contribution in [2.24, 2.45) is 0 Å². The number of aromatic nitrogens is 2. The fourth-order valence-electron chi connectivity index (χ4n) is 10.5. The van der Waals surface area contributed by atoms with Gasteiger partial charge in [-0.3, -0.25) is 9.59 Å². The number of rotatable bonds is 10. The summed E-state index contributed by atoms with van der Waals surface area (Å²) in [5, 5.41) is 5.95. The maximum atomic E-state index is 14.6. The predicted molar refractivity (Wildman–Crippen MR) is 281 cm³/mol. The average Bonchev–Trinajstić information content (AvgIpc) is 4.34. The lowest BCUT2D eigenvalue weighted by Gasteiger charge is -2.18. The summed E-state index contributed by atoms with van der Waals surface area (Å²) in [6.07, 6.45) is 0.754. The van der Waals surface area contributed by atoms with Crippen LogP contribution >= 0.6 is 23.2 Å². The van der Waals surface area contributed by atoms with E-state index in [4.69, 9.17) is 42.1 Å². The highest BCUT2D eigenvalue weighted by molar-refractivity contribution is 6.31. The van der Waals surface area contributed by atoms with Crippen molar-refractivity contribution in [2.75, 3.05) is 14.2 Å². The Morgan fingerprint density at radius 1 is 0.560 bits per heavy atom. The summed E-state index contributed by atoms with van der Waals surface area (Å²) in [7, 11) is 2.75. The maximum Gasteiger partial charge on any atom is 0.251 e. The first kappa shape index (κ1) is 49.3. The molecule has 13 rings (SSSR count). The van der Waals surface area contributed by atoms with Crippen molar-refractivity contribution in [3.05, 3.63) is 240 Å². The molecule has 9 aromatic rings. The number of fused-ring (bicyclic) bond motifs is 17. The van der Waals surface area contributed by atoms with E-state index in [9.17, 15) is 22.8 Å². The van der Waals surface area contributed by atoms with Crippen molar-refractivity contribution < 1.29 is 41.7 Å². The molecular formula is C60H45Cl2F3N4O6. The molecule has 376 valence electrons. The van der Waals surface area contributed by atoms with Crippen molar-refractivity contribution in [1.82, 2.24) is 20.6 Å². The monoisotopic (exact) mass is 1040 g/mol. The molecule has 0 saturated carbocycles. The van der Waals surface area contributed by atoms with E-state index < -0.39 is 11.6 Å².